The molecule has 156 valence electrons. The number of hydrogen-bond donors (Lipinski definition) is 2. The van der Waals surface area contributed by atoms with Crippen molar-refractivity contribution in [1.29, 1.82) is 0 Å². The second-order valence-corrected chi connectivity index (χ2v) is 9.40. The van der Waals surface area contributed by atoms with Crippen LogP contribution in [-0.2, 0) is 9.53 Å². The van der Waals surface area contributed by atoms with E-state index in [1.54, 1.807) is 24.8 Å². The average molecular weight is 473 g/mol. The highest BCUT2D eigenvalue weighted by molar-refractivity contribution is 8.04. The molecule has 5 nitrogen and oxygen atoms in total. The quantitative estimate of drug-likeness (QED) is 0.470. The van der Waals surface area contributed by atoms with E-state index in [2.05, 4.69) is 10.6 Å². The highest BCUT2D eigenvalue weighted by atomic mass is 35.5. The van der Waals surface area contributed by atoms with Gasteiger partial charge in [0, 0.05) is 16.2 Å². The molecule has 0 spiro atoms. The van der Waals surface area contributed by atoms with Gasteiger partial charge in [0.25, 0.3) is 5.91 Å². The van der Waals surface area contributed by atoms with Gasteiger partial charge in [-0.05, 0) is 50.2 Å². The molecule has 0 unspecified atom stereocenters. The van der Waals surface area contributed by atoms with E-state index in [1.807, 2.05) is 0 Å². The van der Waals surface area contributed by atoms with Gasteiger partial charge < -0.3 is 10.1 Å². The van der Waals surface area contributed by atoms with Crippen LogP contribution < -0.4 is 10.6 Å². The van der Waals surface area contributed by atoms with Crippen LogP contribution in [0.1, 0.15) is 49.4 Å². The minimum absolute atomic E-state index is 0.113. The van der Waals surface area contributed by atoms with Crippen LogP contribution in [0.2, 0.25) is 10.0 Å². The van der Waals surface area contributed by atoms with Crippen LogP contribution in [0.4, 0.5) is 0 Å². The van der Waals surface area contributed by atoms with E-state index in [0.29, 0.717) is 27.5 Å². The molecule has 1 aromatic carbocycles. The van der Waals surface area contributed by atoms with Crippen molar-refractivity contribution in [3.8, 4) is 0 Å². The third-order valence-electron chi connectivity index (χ3n) is 4.96. The molecule has 0 radical (unpaired) electrons. The Labute approximate surface area is 189 Å². The van der Waals surface area contributed by atoms with Crippen molar-refractivity contribution in [2.75, 3.05) is 6.61 Å². The third kappa shape index (κ3) is 5.45. The zero-order valence-corrected chi connectivity index (χ0v) is 19.1. The normalized spacial score (nSPS) is 21.2. The van der Waals surface area contributed by atoms with Gasteiger partial charge in [-0.1, -0.05) is 42.5 Å². The zero-order valence-electron chi connectivity index (χ0n) is 15.9. The molecular formula is C20H22Cl2N2O3S2. The van der Waals surface area contributed by atoms with Gasteiger partial charge in [-0.15, -0.1) is 11.8 Å². The number of ether oxygens (including phenoxy) is 1. The molecule has 1 heterocycles. The summed E-state index contributed by atoms with van der Waals surface area (Å²) in [4.78, 5) is 25.1. The Hall–Kier alpha value is -1.28. The van der Waals surface area contributed by atoms with Gasteiger partial charge in [0.05, 0.1) is 27.8 Å². The number of esters is 1. The smallest absolute Gasteiger partial charge is 0.336 e. The average Bonchev–Trinajstić information content (AvgIpc) is 2.82. The van der Waals surface area contributed by atoms with E-state index in [4.69, 9.17) is 40.2 Å². The molecule has 1 aromatic rings. The van der Waals surface area contributed by atoms with E-state index in [-0.39, 0.29) is 27.6 Å². The van der Waals surface area contributed by atoms with Gasteiger partial charge in [-0.25, -0.2) is 4.79 Å². The molecule has 1 saturated carbocycles. The minimum atomic E-state index is -0.445. The topological polar surface area (TPSA) is 67.4 Å². The lowest BCUT2D eigenvalue weighted by molar-refractivity contribution is -0.139. The Morgan fingerprint density at radius 3 is 2.72 bits per heavy atom. The van der Waals surface area contributed by atoms with Gasteiger partial charge in [0.2, 0.25) is 0 Å². The number of halogens is 2. The maximum atomic E-state index is 12.6. The van der Waals surface area contributed by atoms with Gasteiger partial charge in [0.1, 0.15) is 0 Å². The predicted molar refractivity (Wildman–Crippen MR) is 121 cm³/mol. The number of hydrogen-bond acceptors (Lipinski definition) is 5. The number of fused-ring (bicyclic) bond motifs is 1. The fraction of sp³-hybridized carbons (Fsp3) is 0.450. The number of carbonyl (C=O) groups is 2. The van der Waals surface area contributed by atoms with Crippen LogP contribution in [-0.4, -0.2) is 28.8 Å². The molecule has 0 saturated heterocycles. The lowest BCUT2D eigenvalue weighted by atomic mass is 9.92. The Morgan fingerprint density at radius 2 is 2.00 bits per heavy atom. The minimum Gasteiger partial charge on any atom is -0.463 e. The second-order valence-electron chi connectivity index (χ2n) is 6.90. The molecule has 0 aromatic heterocycles. The highest BCUT2D eigenvalue weighted by Gasteiger charge is 2.40. The number of thioether (sulfide) groups is 1. The van der Waals surface area contributed by atoms with E-state index in [9.17, 15) is 9.59 Å². The number of amides is 1. The first-order chi connectivity index (χ1) is 13.9. The maximum absolute atomic E-state index is 12.6. The summed E-state index contributed by atoms with van der Waals surface area (Å²) in [6.07, 6.45) is 5.42. The van der Waals surface area contributed by atoms with Crippen molar-refractivity contribution < 1.29 is 14.3 Å². The molecule has 1 fully saturated rings. The molecule has 1 amide bonds. The van der Waals surface area contributed by atoms with Crippen molar-refractivity contribution >= 4 is 64.2 Å². The fourth-order valence-corrected chi connectivity index (χ4v) is 5.96. The van der Waals surface area contributed by atoms with Gasteiger partial charge in [-0.3, -0.25) is 10.1 Å². The molecule has 2 aliphatic rings. The number of nitrogens with one attached hydrogen (secondary N) is 2. The standard InChI is InChI=1S/C20H22Cl2N2O3S2/c1-2-27-19(26)16-13-6-4-3-5-7-15(13)29-18(16)24-20(28)23-17(25)12-9-8-11(21)10-14(12)22/h8-10,13,15H,2-7H2,1H3,(H2,23,24,25,28)/t13-,15-/m1/s1. The number of thiocarbonyl (C=S) groups is 1. The van der Waals surface area contributed by atoms with E-state index in [1.165, 1.54) is 18.6 Å². The Bertz CT molecular complexity index is 860. The summed E-state index contributed by atoms with van der Waals surface area (Å²) in [7, 11) is 0. The Balaban J connectivity index is 1.75. The number of carbonyl (C=O) groups excluding carboxylic acids is 2. The van der Waals surface area contributed by atoms with Crippen LogP contribution in [0.25, 0.3) is 0 Å². The number of rotatable bonds is 4. The second kappa shape index (κ2) is 10.2. The van der Waals surface area contributed by atoms with Crippen LogP contribution >= 0.6 is 47.2 Å². The van der Waals surface area contributed by atoms with Gasteiger partial charge in [-0.2, -0.15) is 0 Å². The first-order valence-corrected chi connectivity index (χ1v) is 11.6. The zero-order chi connectivity index (χ0) is 21.0. The molecule has 2 N–H and O–H groups in total. The van der Waals surface area contributed by atoms with Crippen molar-refractivity contribution in [2.24, 2.45) is 5.92 Å². The van der Waals surface area contributed by atoms with Crippen molar-refractivity contribution in [1.82, 2.24) is 10.6 Å². The maximum Gasteiger partial charge on any atom is 0.336 e. The molecule has 9 heteroatoms. The van der Waals surface area contributed by atoms with Crippen LogP contribution in [0, 0.1) is 5.92 Å². The molecular weight excluding hydrogens is 451 g/mol. The molecule has 2 atom stereocenters. The molecule has 3 rings (SSSR count). The summed E-state index contributed by atoms with van der Waals surface area (Å²) < 4.78 is 5.29. The largest absolute Gasteiger partial charge is 0.463 e. The van der Waals surface area contributed by atoms with E-state index < -0.39 is 5.91 Å². The van der Waals surface area contributed by atoms with Crippen LogP contribution in [0.5, 0.6) is 0 Å². The predicted octanol–water partition coefficient (Wildman–Crippen LogP) is 5.07. The van der Waals surface area contributed by atoms with Crippen molar-refractivity contribution in [2.45, 2.75) is 44.3 Å². The fourth-order valence-electron chi connectivity index (χ4n) is 3.66. The summed E-state index contributed by atoms with van der Waals surface area (Å²) in [5, 5.41) is 7.46. The monoisotopic (exact) mass is 472 g/mol. The molecule has 0 bridgehead atoms. The van der Waals surface area contributed by atoms with Crippen molar-refractivity contribution in [3.63, 3.8) is 0 Å². The summed E-state index contributed by atoms with van der Waals surface area (Å²) in [6, 6.07) is 4.62. The van der Waals surface area contributed by atoms with E-state index >= 15 is 0 Å². The third-order valence-corrected chi connectivity index (χ3v) is 7.14. The number of benzene rings is 1. The molecule has 29 heavy (non-hydrogen) atoms. The van der Waals surface area contributed by atoms with Crippen LogP contribution in [0.15, 0.2) is 28.8 Å². The van der Waals surface area contributed by atoms with E-state index in [0.717, 1.165) is 25.7 Å². The summed E-state index contributed by atoms with van der Waals surface area (Å²) >= 11 is 18.9. The SMILES string of the molecule is CCOC(=O)C1=C(NC(=S)NC(=O)c2ccc(Cl)cc2Cl)S[C@@H]2CCCCC[C@@H]12. The van der Waals surface area contributed by atoms with Gasteiger partial charge in [0.15, 0.2) is 5.11 Å². The van der Waals surface area contributed by atoms with Gasteiger partial charge >= 0.3 is 5.97 Å². The summed E-state index contributed by atoms with van der Waals surface area (Å²) in [5.41, 5.74) is 0.911. The van der Waals surface area contributed by atoms with Crippen molar-refractivity contribution in [3.05, 3.63) is 44.4 Å². The van der Waals surface area contributed by atoms with Crippen LogP contribution in [0.3, 0.4) is 0 Å². The summed E-state index contributed by atoms with van der Waals surface area (Å²) in [6.45, 7) is 2.10. The first kappa shape index (κ1) is 22.4. The Morgan fingerprint density at radius 1 is 1.24 bits per heavy atom. The lowest BCUT2D eigenvalue weighted by Crippen LogP contribution is -2.38. The highest BCUT2D eigenvalue weighted by Crippen LogP contribution is 2.47. The lowest BCUT2D eigenvalue weighted by Gasteiger charge is -2.17. The Kier molecular flexibility index (Phi) is 7.85. The molecule has 1 aliphatic heterocycles. The molecule has 1 aliphatic carbocycles. The first-order valence-electron chi connectivity index (χ1n) is 9.56. The summed E-state index contributed by atoms with van der Waals surface area (Å²) in [5.74, 6) is -0.611.